The molecular weight excluding hydrogens is 485 g/mol. The van der Waals surface area contributed by atoms with E-state index in [1.54, 1.807) is 6.07 Å². The van der Waals surface area contributed by atoms with Gasteiger partial charge in [-0.15, -0.1) is 0 Å². The number of carbonyl (C=O) groups excluding carboxylic acids is 2. The number of benzene rings is 2. The van der Waals surface area contributed by atoms with Crippen LogP contribution in [-0.2, 0) is 25.8 Å². The van der Waals surface area contributed by atoms with Gasteiger partial charge in [0, 0.05) is 34.3 Å². The van der Waals surface area contributed by atoms with Crippen molar-refractivity contribution in [1.82, 2.24) is 20.4 Å². The molecule has 0 aliphatic rings. The number of aromatic nitrogens is 2. The first-order valence-corrected chi connectivity index (χ1v) is 11.5. The molecule has 1 heterocycles. The summed E-state index contributed by atoms with van der Waals surface area (Å²) in [6.45, 7) is 4.53. The van der Waals surface area contributed by atoms with E-state index < -0.39 is 29.1 Å². The Bertz CT molecular complexity index is 1170. The molecule has 2 aromatic carbocycles. The highest BCUT2D eigenvalue weighted by Gasteiger charge is 2.20. The third-order valence-corrected chi connectivity index (χ3v) is 5.69. The van der Waals surface area contributed by atoms with Gasteiger partial charge in [-0.05, 0) is 48.7 Å². The summed E-state index contributed by atoms with van der Waals surface area (Å²) in [4.78, 5) is 24.1. The SMILES string of the molecule is CCc1nn(CCNC(=O)NC(=O)c2c(F)cccc2F)c(CC)c1Cc1cc(Cl)cc(Cl)c1. The lowest BCUT2D eigenvalue weighted by atomic mass is 10.0. The third kappa shape index (κ3) is 6.12. The molecule has 3 aromatic rings. The maximum Gasteiger partial charge on any atom is 0.321 e. The Balaban J connectivity index is 1.66. The minimum absolute atomic E-state index is 0.152. The molecule has 0 fully saturated rings. The second-order valence-electron chi connectivity index (χ2n) is 7.56. The molecule has 10 heteroatoms. The summed E-state index contributed by atoms with van der Waals surface area (Å²) in [5.74, 6) is -3.25. The van der Waals surface area contributed by atoms with Crippen LogP contribution in [0.25, 0.3) is 0 Å². The molecule has 34 heavy (non-hydrogen) atoms. The third-order valence-electron chi connectivity index (χ3n) is 5.25. The van der Waals surface area contributed by atoms with E-state index in [-0.39, 0.29) is 6.54 Å². The van der Waals surface area contributed by atoms with Gasteiger partial charge in [-0.2, -0.15) is 5.10 Å². The molecule has 0 aliphatic carbocycles. The largest absolute Gasteiger partial charge is 0.336 e. The van der Waals surface area contributed by atoms with Gasteiger partial charge >= 0.3 is 6.03 Å². The molecule has 3 rings (SSSR count). The number of aryl methyl sites for hydroxylation is 1. The number of hydrogen-bond donors (Lipinski definition) is 2. The molecule has 0 saturated carbocycles. The standard InChI is InChI=1S/C24H24Cl2F2N4O2/c1-3-20-17(12-14-10-15(25)13-16(26)11-14)21(4-2)32(31-20)9-8-29-24(34)30-23(33)22-18(27)6-5-7-19(22)28/h5-7,10-11,13H,3-4,8-9,12H2,1-2H3,(H2,29,30,33,34). The Morgan fingerprint density at radius 2 is 1.68 bits per heavy atom. The maximum absolute atomic E-state index is 13.7. The van der Waals surface area contributed by atoms with Crippen LogP contribution in [0.1, 0.15) is 46.7 Å². The molecule has 6 nitrogen and oxygen atoms in total. The highest BCUT2D eigenvalue weighted by Crippen LogP contribution is 2.25. The zero-order valence-corrected chi connectivity index (χ0v) is 20.2. The number of amides is 3. The van der Waals surface area contributed by atoms with E-state index in [1.807, 2.05) is 36.0 Å². The van der Waals surface area contributed by atoms with Crippen LogP contribution in [0.15, 0.2) is 36.4 Å². The number of urea groups is 1. The smallest absolute Gasteiger partial charge is 0.321 e. The van der Waals surface area contributed by atoms with Crippen molar-refractivity contribution in [3.63, 3.8) is 0 Å². The van der Waals surface area contributed by atoms with Crippen molar-refractivity contribution in [2.45, 2.75) is 39.7 Å². The molecule has 0 bridgehead atoms. The molecule has 3 amide bonds. The lowest BCUT2D eigenvalue weighted by Gasteiger charge is -2.11. The Kier molecular flexibility index (Phi) is 8.63. The summed E-state index contributed by atoms with van der Waals surface area (Å²) >= 11 is 12.3. The second-order valence-corrected chi connectivity index (χ2v) is 8.44. The minimum atomic E-state index is -1.16. The molecule has 0 aliphatic heterocycles. The molecule has 180 valence electrons. The summed E-state index contributed by atoms with van der Waals surface area (Å²) in [5.41, 5.74) is 3.19. The van der Waals surface area contributed by atoms with Crippen LogP contribution in [0.5, 0.6) is 0 Å². The average Bonchev–Trinajstić information content (AvgIpc) is 3.09. The van der Waals surface area contributed by atoms with Gasteiger partial charge in [-0.1, -0.05) is 43.1 Å². The van der Waals surface area contributed by atoms with Gasteiger partial charge in [-0.3, -0.25) is 14.8 Å². The van der Waals surface area contributed by atoms with Crippen molar-refractivity contribution in [1.29, 1.82) is 0 Å². The summed E-state index contributed by atoms with van der Waals surface area (Å²) in [6.07, 6.45) is 2.05. The fraction of sp³-hybridized carbons (Fsp3) is 0.292. The van der Waals surface area contributed by atoms with E-state index in [1.165, 1.54) is 0 Å². The van der Waals surface area contributed by atoms with E-state index in [2.05, 4.69) is 10.4 Å². The van der Waals surface area contributed by atoms with Crippen LogP contribution in [0.2, 0.25) is 10.0 Å². The van der Waals surface area contributed by atoms with E-state index >= 15 is 0 Å². The monoisotopic (exact) mass is 508 g/mol. The quantitative estimate of drug-likeness (QED) is 0.432. The fourth-order valence-electron chi connectivity index (χ4n) is 3.77. The number of carbonyl (C=O) groups is 2. The lowest BCUT2D eigenvalue weighted by molar-refractivity contribution is 0.0955. The zero-order chi connectivity index (χ0) is 24.8. The molecule has 1 aromatic heterocycles. The molecule has 0 unspecified atom stereocenters. The van der Waals surface area contributed by atoms with Crippen LogP contribution < -0.4 is 10.6 Å². The van der Waals surface area contributed by atoms with E-state index in [9.17, 15) is 18.4 Å². The first kappa shape index (κ1) is 25.6. The van der Waals surface area contributed by atoms with Crippen LogP contribution in [0.3, 0.4) is 0 Å². The van der Waals surface area contributed by atoms with Gasteiger partial charge in [-0.25, -0.2) is 13.6 Å². The minimum Gasteiger partial charge on any atom is -0.336 e. The Morgan fingerprint density at radius 1 is 1.03 bits per heavy atom. The number of imide groups is 1. The van der Waals surface area contributed by atoms with Crippen molar-refractivity contribution in [2.75, 3.05) is 6.54 Å². The van der Waals surface area contributed by atoms with Crippen molar-refractivity contribution in [2.24, 2.45) is 0 Å². The van der Waals surface area contributed by atoms with Gasteiger partial charge in [0.1, 0.15) is 17.2 Å². The first-order chi connectivity index (χ1) is 16.2. The predicted molar refractivity (Wildman–Crippen MR) is 127 cm³/mol. The fourth-order valence-corrected chi connectivity index (χ4v) is 4.35. The maximum atomic E-state index is 13.7. The molecular formula is C24H24Cl2F2N4O2. The summed E-state index contributed by atoms with van der Waals surface area (Å²) < 4.78 is 29.3. The van der Waals surface area contributed by atoms with E-state index in [4.69, 9.17) is 23.2 Å². The average molecular weight is 509 g/mol. The normalized spacial score (nSPS) is 10.9. The highest BCUT2D eigenvalue weighted by molar-refractivity contribution is 6.34. The van der Waals surface area contributed by atoms with Crippen molar-refractivity contribution in [3.8, 4) is 0 Å². The Morgan fingerprint density at radius 3 is 2.26 bits per heavy atom. The van der Waals surface area contributed by atoms with Crippen LogP contribution in [0, 0.1) is 11.6 Å². The molecule has 2 N–H and O–H groups in total. The predicted octanol–water partition coefficient (Wildman–Crippen LogP) is 5.32. The van der Waals surface area contributed by atoms with E-state index in [0.717, 1.165) is 47.1 Å². The van der Waals surface area contributed by atoms with Gasteiger partial charge in [0.15, 0.2) is 0 Å². The second kappa shape index (κ2) is 11.4. The summed E-state index contributed by atoms with van der Waals surface area (Å²) in [6, 6.07) is 7.58. The van der Waals surface area contributed by atoms with E-state index in [0.29, 0.717) is 29.4 Å². The summed E-state index contributed by atoms with van der Waals surface area (Å²) in [5, 5.41) is 10.3. The Labute approximate surface area is 206 Å². The number of hydrogen-bond acceptors (Lipinski definition) is 3. The van der Waals surface area contributed by atoms with Crippen molar-refractivity contribution < 1.29 is 18.4 Å². The highest BCUT2D eigenvalue weighted by atomic mass is 35.5. The van der Waals surface area contributed by atoms with Gasteiger partial charge < -0.3 is 5.32 Å². The molecule has 0 saturated heterocycles. The Hall–Kier alpha value is -2.97. The lowest BCUT2D eigenvalue weighted by Crippen LogP contribution is -2.41. The first-order valence-electron chi connectivity index (χ1n) is 10.8. The summed E-state index contributed by atoms with van der Waals surface area (Å²) in [7, 11) is 0. The van der Waals surface area contributed by atoms with Crippen molar-refractivity contribution >= 4 is 35.1 Å². The number of nitrogens with one attached hydrogen (secondary N) is 2. The van der Waals surface area contributed by atoms with Crippen molar-refractivity contribution in [3.05, 3.63) is 86.2 Å². The van der Waals surface area contributed by atoms with Crippen LogP contribution >= 0.6 is 23.2 Å². The van der Waals surface area contributed by atoms with Gasteiger partial charge in [0.2, 0.25) is 0 Å². The number of halogens is 4. The molecule has 0 atom stereocenters. The van der Waals surface area contributed by atoms with Gasteiger partial charge in [0.05, 0.1) is 12.2 Å². The van der Waals surface area contributed by atoms with Crippen LogP contribution in [-0.4, -0.2) is 28.3 Å². The number of nitrogens with zero attached hydrogens (tertiary/aromatic N) is 2. The number of rotatable bonds is 8. The topological polar surface area (TPSA) is 76.0 Å². The molecule has 0 spiro atoms. The van der Waals surface area contributed by atoms with Crippen LogP contribution in [0.4, 0.5) is 13.6 Å². The zero-order valence-electron chi connectivity index (χ0n) is 18.7. The molecule has 0 radical (unpaired) electrons. The van der Waals surface area contributed by atoms with Gasteiger partial charge in [0.25, 0.3) is 5.91 Å².